The van der Waals surface area contributed by atoms with E-state index in [1.807, 2.05) is 13.8 Å². The van der Waals surface area contributed by atoms with Gasteiger partial charge in [0, 0.05) is 55.6 Å². The van der Waals surface area contributed by atoms with Crippen LogP contribution in [0.15, 0.2) is 60.7 Å². The van der Waals surface area contributed by atoms with Gasteiger partial charge in [0.25, 0.3) is 5.91 Å². The molecular weight excluding hydrogens is 610 g/mol. The number of rotatable bonds is 17. The zero-order valence-electron chi connectivity index (χ0n) is 27.3. The standard InChI is InChI=1S/C35H44F2N4O6/c1-5-11-41(12-6-2)33(42)25-14-23(3)15-26(19-25)34(43)47-32(31(38)18-24-16-27(36)20-28(37)17-24)22-39-10-13-46-35(44)40-29-8-7-9-30(21-29)45-4/h7-9,14-17,19-21,31-32,39H,5-6,10-13,18,22,38H2,1-4H3,(H,40,44)/t31-,32+/m0/s1. The number of ether oxygens (including phenoxy) is 3. The Morgan fingerprint density at radius 2 is 1.62 bits per heavy atom. The lowest BCUT2D eigenvalue weighted by atomic mass is 10.0. The Hall–Kier alpha value is -4.55. The molecule has 2 atom stereocenters. The molecule has 254 valence electrons. The van der Waals surface area contributed by atoms with E-state index >= 15 is 0 Å². The maximum absolute atomic E-state index is 13.9. The maximum atomic E-state index is 13.9. The number of nitrogens with one attached hydrogen (secondary N) is 2. The molecule has 0 fully saturated rings. The normalized spacial score (nSPS) is 12.1. The third-order valence-electron chi connectivity index (χ3n) is 7.14. The molecule has 0 radical (unpaired) electrons. The summed E-state index contributed by atoms with van der Waals surface area (Å²) in [6.45, 7) is 7.17. The van der Waals surface area contributed by atoms with Gasteiger partial charge in [-0.05, 0) is 79.8 Å². The Balaban J connectivity index is 1.69. The van der Waals surface area contributed by atoms with E-state index in [4.69, 9.17) is 19.9 Å². The fourth-order valence-electron chi connectivity index (χ4n) is 5.00. The third kappa shape index (κ3) is 12.0. The Kier molecular flexibility index (Phi) is 14.6. The summed E-state index contributed by atoms with van der Waals surface area (Å²) in [6, 6.07) is 13.9. The number of aryl methyl sites for hydroxylation is 1. The van der Waals surface area contributed by atoms with Crippen molar-refractivity contribution < 1.29 is 37.4 Å². The molecule has 0 aromatic heterocycles. The van der Waals surface area contributed by atoms with Crippen molar-refractivity contribution in [1.82, 2.24) is 10.2 Å². The monoisotopic (exact) mass is 654 g/mol. The van der Waals surface area contributed by atoms with E-state index in [0.29, 0.717) is 41.2 Å². The van der Waals surface area contributed by atoms with Crippen molar-refractivity contribution in [3.05, 3.63) is 94.6 Å². The van der Waals surface area contributed by atoms with Crippen LogP contribution in [0.4, 0.5) is 19.3 Å². The van der Waals surface area contributed by atoms with Gasteiger partial charge < -0.3 is 30.2 Å². The molecule has 3 aromatic rings. The Labute approximate surface area is 274 Å². The highest BCUT2D eigenvalue weighted by molar-refractivity contribution is 5.98. The summed E-state index contributed by atoms with van der Waals surface area (Å²) in [5, 5.41) is 5.67. The number of anilines is 1. The molecule has 12 heteroatoms. The maximum Gasteiger partial charge on any atom is 0.411 e. The second kappa shape index (κ2) is 18.6. The molecule has 0 aliphatic carbocycles. The molecule has 0 spiro atoms. The van der Waals surface area contributed by atoms with Crippen LogP contribution < -0.4 is 21.1 Å². The summed E-state index contributed by atoms with van der Waals surface area (Å²) in [4.78, 5) is 40.7. The van der Waals surface area contributed by atoms with E-state index in [1.165, 1.54) is 25.3 Å². The molecule has 0 saturated heterocycles. The van der Waals surface area contributed by atoms with Gasteiger partial charge in [-0.3, -0.25) is 10.1 Å². The summed E-state index contributed by atoms with van der Waals surface area (Å²) in [6.07, 6.45) is -0.0166. The number of esters is 1. The molecule has 0 aliphatic rings. The van der Waals surface area contributed by atoms with Crippen LogP contribution in [-0.4, -0.2) is 74.9 Å². The van der Waals surface area contributed by atoms with Gasteiger partial charge in [-0.15, -0.1) is 0 Å². The van der Waals surface area contributed by atoms with Crippen LogP contribution in [0, 0.1) is 18.6 Å². The summed E-state index contributed by atoms with van der Waals surface area (Å²) in [5.41, 5.74) is 8.48. The molecule has 3 aromatic carbocycles. The summed E-state index contributed by atoms with van der Waals surface area (Å²) in [5.74, 6) is -1.81. The molecule has 3 rings (SSSR count). The van der Waals surface area contributed by atoms with Gasteiger partial charge in [0.2, 0.25) is 0 Å². The predicted octanol–water partition coefficient (Wildman–Crippen LogP) is 5.48. The number of hydrogen-bond donors (Lipinski definition) is 3. The Morgan fingerprint density at radius 3 is 2.28 bits per heavy atom. The van der Waals surface area contributed by atoms with Crippen LogP contribution in [0.25, 0.3) is 0 Å². The first-order valence-corrected chi connectivity index (χ1v) is 15.6. The summed E-state index contributed by atoms with van der Waals surface area (Å²) >= 11 is 0. The Morgan fingerprint density at radius 1 is 0.936 bits per heavy atom. The fraction of sp³-hybridized carbons (Fsp3) is 0.400. The molecule has 10 nitrogen and oxygen atoms in total. The number of nitrogens with two attached hydrogens (primary N) is 1. The lowest BCUT2D eigenvalue weighted by Gasteiger charge is -2.25. The minimum Gasteiger partial charge on any atom is -0.497 e. The number of benzene rings is 3. The minimum absolute atomic E-state index is 0.00823. The van der Waals surface area contributed by atoms with Crippen molar-refractivity contribution in [1.29, 1.82) is 0 Å². The van der Waals surface area contributed by atoms with Crippen LogP contribution in [-0.2, 0) is 15.9 Å². The van der Waals surface area contributed by atoms with Crippen molar-refractivity contribution >= 4 is 23.7 Å². The molecule has 0 heterocycles. The number of carbonyl (C=O) groups is 3. The van der Waals surface area contributed by atoms with Crippen molar-refractivity contribution in [2.24, 2.45) is 5.73 Å². The van der Waals surface area contributed by atoms with Gasteiger partial charge in [-0.2, -0.15) is 0 Å². The molecule has 4 N–H and O–H groups in total. The second-order valence-corrected chi connectivity index (χ2v) is 11.2. The predicted molar refractivity (Wildman–Crippen MR) is 176 cm³/mol. The van der Waals surface area contributed by atoms with E-state index in [9.17, 15) is 23.2 Å². The first-order valence-electron chi connectivity index (χ1n) is 15.6. The van der Waals surface area contributed by atoms with Crippen molar-refractivity contribution in [2.45, 2.75) is 52.2 Å². The largest absolute Gasteiger partial charge is 0.497 e. The third-order valence-corrected chi connectivity index (χ3v) is 7.14. The lowest BCUT2D eigenvalue weighted by Crippen LogP contribution is -2.46. The first kappa shape index (κ1) is 36.9. The van der Waals surface area contributed by atoms with Gasteiger partial charge in [0.1, 0.15) is 30.1 Å². The average Bonchev–Trinajstić information content (AvgIpc) is 3.02. The quantitative estimate of drug-likeness (QED) is 0.129. The van der Waals surface area contributed by atoms with E-state index in [0.717, 1.165) is 18.9 Å². The smallest absolute Gasteiger partial charge is 0.411 e. The second-order valence-electron chi connectivity index (χ2n) is 11.2. The van der Waals surface area contributed by atoms with Gasteiger partial charge in [-0.1, -0.05) is 19.9 Å². The molecule has 2 amide bonds. The topological polar surface area (TPSA) is 132 Å². The SMILES string of the molecule is CCCN(CCC)C(=O)c1cc(C)cc(C(=O)O[C@H](CNCCOC(=O)Nc2cccc(OC)c2)[C@@H](N)Cc2cc(F)cc(F)c2)c1. The minimum atomic E-state index is -0.948. The number of hydrogen-bond acceptors (Lipinski definition) is 8. The molecule has 0 aliphatic heterocycles. The van der Waals surface area contributed by atoms with Gasteiger partial charge in [0.05, 0.1) is 12.7 Å². The highest BCUT2D eigenvalue weighted by atomic mass is 19.1. The van der Waals surface area contributed by atoms with E-state index in [2.05, 4.69) is 10.6 Å². The highest BCUT2D eigenvalue weighted by Crippen LogP contribution is 2.18. The number of halogens is 2. The van der Waals surface area contributed by atoms with Gasteiger partial charge >= 0.3 is 12.1 Å². The van der Waals surface area contributed by atoms with Crippen LogP contribution >= 0.6 is 0 Å². The zero-order valence-corrected chi connectivity index (χ0v) is 27.3. The molecule has 0 unspecified atom stereocenters. The van der Waals surface area contributed by atoms with Crippen LogP contribution in [0.1, 0.15) is 58.5 Å². The molecular formula is C35H44F2N4O6. The van der Waals surface area contributed by atoms with Gasteiger partial charge in [-0.25, -0.2) is 18.4 Å². The molecule has 0 bridgehead atoms. The van der Waals surface area contributed by atoms with Crippen LogP contribution in [0.5, 0.6) is 5.75 Å². The summed E-state index contributed by atoms with van der Waals surface area (Å²) < 4.78 is 43.9. The zero-order chi connectivity index (χ0) is 34.3. The Bertz CT molecular complexity index is 1480. The number of nitrogens with zero attached hydrogens (tertiary/aromatic N) is 1. The fourth-order valence-corrected chi connectivity index (χ4v) is 5.00. The molecule has 47 heavy (non-hydrogen) atoms. The van der Waals surface area contributed by atoms with E-state index in [-0.39, 0.29) is 37.6 Å². The van der Waals surface area contributed by atoms with E-state index < -0.39 is 35.8 Å². The van der Waals surface area contributed by atoms with E-state index in [1.54, 1.807) is 48.2 Å². The van der Waals surface area contributed by atoms with Crippen molar-refractivity contribution in [2.75, 3.05) is 45.2 Å². The number of amides is 2. The van der Waals surface area contributed by atoms with Gasteiger partial charge in [0.15, 0.2) is 0 Å². The number of methoxy groups -OCH3 is 1. The lowest BCUT2D eigenvalue weighted by molar-refractivity contribution is 0.0237. The van der Waals surface area contributed by atoms with Crippen molar-refractivity contribution in [3.63, 3.8) is 0 Å². The number of carbonyl (C=O) groups excluding carboxylic acids is 3. The van der Waals surface area contributed by atoms with Crippen molar-refractivity contribution in [3.8, 4) is 5.75 Å². The highest BCUT2D eigenvalue weighted by Gasteiger charge is 2.25. The average molecular weight is 655 g/mol. The molecule has 0 saturated carbocycles. The first-order chi connectivity index (χ1) is 22.5. The summed E-state index contributed by atoms with van der Waals surface area (Å²) in [7, 11) is 1.52. The van der Waals surface area contributed by atoms with Crippen LogP contribution in [0.3, 0.4) is 0 Å². The van der Waals surface area contributed by atoms with Crippen LogP contribution in [0.2, 0.25) is 0 Å².